The van der Waals surface area contributed by atoms with Gasteiger partial charge in [-0.1, -0.05) is 49.4 Å². The van der Waals surface area contributed by atoms with E-state index in [9.17, 15) is 15.3 Å². The van der Waals surface area contributed by atoms with Crippen LogP contribution in [0.5, 0.6) is 0 Å². The van der Waals surface area contributed by atoms with E-state index in [4.69, 9.17) is 4.99 Å². The Bertz CT molecular complexity index is 640. The maximum absolute atomic E-state index is 10.4. The van der Waals surface area contributed by atoms with E-state index in [0.29, 0.717) is 6.54 Å². The molecule has 6 atom stereocenters. The summed E-state index contributed by atoms with van der Waals surface area (Å²) in [4.78, 5) is 9.39. The molecular weight excluding hydrogens is 368 g/mol. The largest absolute Gasteiger partial charge is 0.388 e. The Morgan fingerprint density at radius 2 is 2.00 bits per heavy atom. The fourth-order valence-corrected chi connectivity index (χ4v) is 3.89. The lowest BCUT2D eigenvalue weighted by Gasteiger charge is -2.38. The predicted molar refractivity (Wildman–Crippen MR) is 106 cm³/mol. The fraction of sp³-hybridized carbons (Fsp3) is 0.765. The van der Waals surface area contributed by atoms with Crippen molar-refractivity contribution in [3.8, 4) is 0 Å². The van der Waals surface area contributed by atoms with Crippen LogP contribution in [0.4, 0.5) is 0 Å². The molecule has 150 valence electrons. The molecule has 2 unspecified atom stereocenters. The van der Waals surface area contributed by atoms with Crippen molar-refractivity contribution in [3.05, 3.63) is 12.2 Å². The molecule has 0 saturated carbocycles. The average Bonchev–Trinajstić information content (AvgIpc) is 3.09. The van der Waals surface area contributed by atoms with E-state index in [-0.39, 0.29) is 6.04 Å². The van der Waals surface area contributed by atoms with Gasteiger partial charge in [0.05, 0.1) is 6.04 Å². The van der Waals surface area contributed by atoms with Crippen LogP contribution in [0.1, 0.15) is 33.1 Å². The van der Waals surface area contributed by atoms with Crippen molar-refractivity contribution < 1.29 is 15.3 Å². The second kappa shape index (κ2) is 9.13. The number of amidine groups is 2. The highest BCUT2D eigenvalue weighted by Gasteiger charge is 2.46. The van der Waals surface area contributed by atoms with Crippen molar-refractivity contribution in [3.63, 3.8) is 0 Å². The molecule has 0 saturated heterocycles. The first-order valence-corrected chi connectivity index (χ1v) is 10.5. The predicted octanol–water partition coefficient (Wildman–Crippen LogP) is 0.686. The number of nitrogens with one attached hydrogen (secondary N) is 1. The number of aliphatic hydroxyl groups excluding tert-OH is 3. The lowest BCUT2D eigenvalue weighted by Crippen LogP contribution is -2.57. The van der Waals surface area contributed by atoms with Gasteiger partial charge >= 0.3 is 0 Å². The summed E-state index contributed by atoms with van der Waals surface area (Å²) in [6, 6.07) is -0.976. The van der Waals surface area contributed by atoms with Crippen molar-refractivity contribution in [1.82, 2.24) is 10.3 Å². The normalized spacial score (nSPS) is 36.7. The number of aliphatic imine (C=N–C) groups is 2. The van der Waals surface area contributed by atoms with E-state index in [1.54, 1.807) is 22.8 Å². The maximum Gasteiger partial charge on any atom is 0.173 e. The SMILES string of the molecule is CCCCN=C1NC(SCCC)=NC2C1N=NN2[C@@H]1C=C[C@H](O)[C@@H](O)[C@H]1O. The van der Waals surface area contributed by atoms with Crippen LogP contribution >= 0.6 is 11.8 Å². The quantitative estimate of drug-likeness (QED) is 0.387. The minimum absolute atomic E-state index is 0.363. The molecule has 27 heavy (non-hydrogen) atoms. The molecule has 0 aromatic heterocycles. The van der Waals surface area contributed by atoms with E-state index >= 15 is 0 Å². The van der Waals surface area contributed by atoms with Gasteiger partial charge in [-0.2, -0.15) is 5.11 Å². The van der Waals surface area contributed by atoms with Gasteiger partial charge in [0, 0.05) is 12.3 Å². The van der Waals surface area contributed by atoms with Crippen LogP contribution < -0.4 is 5.32 Å². The minimum atomic E-state index is -1.27. The van der Waals surface area contributed by atoms with Gasteiger partial charge in [0.15, 0.2) is 17.4 Å². The fourth-order valence-electron chi connectivity index (χ4n) is 3.14. The van der Waals surface area contributed by atoms with E-state index in [0.717, 1.165) is 36.0 Å². The van der Waals surface area contributed by atoms with Gasteiger partial charge in [-0.3, -0.25) is 4.99 Å². The van der Waals surface area contributed by atoms with Crippen molar-refractivity contribution in [2.75, 3.05) is 12.3 Å². The van der Waals surface area contributed by atoms with Crippen LogP contribution in [0.15, 0.2) is 32.5 Å². The topological polar surface area (TPSA) is 125 Å². The molecule has 3 aliphatic rings. The first-order chi connectivity index (χ1) is 13.1. The highest BCUT2D eigenvalue weighted by Crippen LogP contribution is 2.30. The van der Waals surface area contributed by atoms with Crippen LogP contribution in [-0.2, 0) is 0 Å². The van der Waals surface area contributed by atoms with E-state index in [1.165, 1.54) is 6.08 Å². The first-order valence-electron chi connectivity index (χ1n) is 9.50. The zero-order valence-electron chi connectivity index (χ0n) is 15.6. The molecule has 0 spiro atoms. The second-order valence-corrected chi connectivity index (χ2v) is 7.90. The van der Waals surface area contributed by atoms with Gasteiger partial charge in [-0.25, -0.2) is 10.0 Å². The van der Waals surface area contributed by atoms with E-state index in [1.807, 2.05) is 0 Å². The lowest BCUT2D eigenvalue weighted by molar-refractivity contribution is -0.0795. The Labute approximate surface area is 163 Å². The number of nitrogens with zero attached hydrogens (tertiary/aromatic N) is 5. The molecule has 0 aromatic carbocycles. The van der Waals surface area contributed by atoms with Crippen molar-refractivity contribution in [1.29, 1.82) is 0 Å². The smallest absolute Gasteiger partial charge is 0.173 e. The highest BCUT2D eigenvalue weighted by molar-refractivity contribution is 8.13. The molecule has 10 heteroatoms. The highest BCUT2D eigenvalue weighted by atomic mass is 32.2. The van der Waals surface area contributed by atoms with Gasteiger partial charge in [0.2, 0.25) is 0 Å². The molecule has 0 bridgehead atoms. The Morgan fingerprint density at radius 3 is 2.74 bits per heavy atom. The summed E-state index contributed by atoms with van der Waals surface area (Å²) in [5.74, 6) is 1.67. The zero-order chi connectivity index (χ0) is 19.4. The third kappa shape index (κ3) is 4.34. The van der Waals surface area contributed by atoms with Crippen LogP contribution in [0.3, 0.4) is 0 Å². The Hall–Kier alpha value is -1.49. The van der Waals surface area contributed by atoms with Gasteiger partial charge < -0.3 is 20.6 Å². The van der Waals surface area contributed by atoms with E-state index in [2.05, 4.69) is 34.5 Å². The number of unbranched alkanes of at least 4 members (excludes halogenated alkanes) is 1. The van der Waals surface area contributed by atoms with Crippen LogP contribution in [0.2, 0.25) is 0 Å². The first kappa shape index (κ1) is 20.2. The summed E-state index contributed by atoms with van der Waals surface area (Å²) >= 11 is 1.62. The summed E-state index contributed by atoms with van der Waals surface area (Å²) in [6.07, 6.45) is 2.21. The molecular formula is C17H28N6O3S. The Kier molecular flexibility index (Phi) is 6.85. The van der Waals surface area contributed by atoms with Gasteiger partial charge in [-0.05, 0) is 12.8 Å². The van der Waals surface area contributed by atoms with Crippen LogP contribution in [0, 0.1) is 0 Å². The summed E-state index contributed by atoms with van der Waals surface area (Å²) in [5.41, 5.74) is 0. The number of thioether (sulfide) groups is 1. The van der Waals surface area contributed by atoms with Crippen molar-refractivity contribution in [2.45, 2.75) is 69.7 Å². The number of aliphatic hydroxyl groups is 3. The lowest BCUT2D eigenvalue weighted by atomic mass is 9.93. The monoisotopic (exact) mass is 396 g/mol. The molecule has 3 rings (SSSR count). The summed E-state index contributed by atoms with van der Waals surface area (Å²) in [6.45, 7) is 4.94. The molecule has 1 aliphatic carbocycles. The molecule has 0 amide bonds. The number of rotatable bonds is 6. The van der Waals surface area contributed by atoms with Gasteiger partial charge in [0.1, 0.15) is 24.1 Å². The Balaban J connectivity index is 1.84. The molecule has 0 radical (unpaired) electrons. The zero-order valence-corrected chi connectivity index (χ0v) is 16.5. The molecule has 2 aliphatic heterocycles. The number of hydrogen-bond acceptors (Lipinski definition) is 9. The summed E-state index contributed by atoms with van der Waals surface area (Å²) in [5, 5.41) is 44.3. The van der Waals surface area contributed by atoms with Crippen molar-refractivity contribution in [2.24, 2.45) is 20.3 Å². The van der Waals surface area contributed by atoms with Crippen LogP contribution in [-0.4, -0.2) is 80.2 Å². The molecule has 0 fully saturated rings. The van der Waals surface area contributed by atoms with Crippen LogP contribution in [0.25, 0.3) is 0 Å². The Morgan fingerprint density at radius 1 is 1.19 bits per heavy atom. The second-order valence-electron chi connectivity index (χ2n) is 6.82. The minimum Gasteiger partial charge on any atom is -0.388 e. The molecule has 2 heterocycles. The van der Waals surface area contributed by atoms with Gasteiger partial charge in [0.25, 0.3) is 0 Å². The molecule has 0 aromatic rings. The number of hydrogen-bond donors (Lipinski definition) is 4. The third-order valence-electron chi connectivity index (χ3n) is 4.69. The van der Waals surface area contributed by atoms with E-state index < -0.39 is 30.5 Å². The summed E-state index contributed by atoms with van der Waals surface area (Å²) < 4.78 is 0. The molecule has 9 nitrogen and oxygen atoms in total. The van der Waals surface area contributed by atoms with Gasteiger partial charge in [-0.15, -0.1) is 0 Å². The maximum atomic E-state index is 10.4. The number of fused-ring (bicyclic) bond motifs is 1. The third-order valence-corrected chi connectivity index (χ3v) is 5.79. The standard InChI is InChI=1S/C17H28N6O3S/c1-3-5-8-18-15-12-16(20-17(19-15)27-9-4-2)23(22-21-12)10-6-7-11(24)14(26)13(10)25/h6-7,10-14,16,24-26H,3-5,8-9H2,1-2H3,(H,18,19,20)/t10-,11+,12?,13+,14-,16?/m1/s1. The average molecular weight is 397 g/mol. The van der Waals surface area contributed by atoms with Crippen molar-refractivity contribution >= 4 is 22.8 Å². The summed E-state index contributed by atoms with van der Waals surface area (Å²) in [7, 11) is 0. The molecule has 4 N–H and O–H groups in total.